The fraction of sp³-hybridized carbons (Fsp3) is 0.250. The maximum Gasteiger partial charge on any atom is 0.119 e. The van der Waals surface area contributed by atoms with Crippen molar-refractivity contribution in [3.8, 4) is 5.75 Å². The molecule has 0 aliphatic heterocycles. The lowest BCUT2D eigenvalue weighted by Crippen LogP contribution is -2.06. The quantitative estimate of drug-likeness (QED) is 0.839. The molecule has 1 N–H and O–H groups in total. The van der Waals surface area contributed by atoms with Crippen molar-refractivity contribution in [2.24, 2.45) is 0 Å². The Labute approximate surface area is 132 Å². The van der Waals surface area contributed by atoms with Crippen molar-refractivity contribution < 1.29 is 9.84 Å². The first-order valence-electron chi connectivity index (χ1n) is 6.37. The molecule has 0 saturated carbocycles. The smallest absolute Gasteiger partial charge is 0.119 e. The van der Waals surface area contributed by atoms with E-state index in [0.717, 1.165) is 21.3 Å². The van der Waals surface area contributed by atoms with Crippen molar-refractivity contribution >= 4 is 27.5 Å². The van der Waals surface area contributed by atoms with Crippen LogP contribution in [0.3, 0.4) is 0 Å². The first-order valence-corrected chi connectivity index (χ1v) is 7.54. The summed E-state index contributed by atoms with van der Waals surface area (Å²) in [5.74, 6) is 0.797. The molecule has 1 atom stereocenters. The van der Waals surface area contributed by atoms with Gasteiger partial charge in [-0.3, -0.25) is 0 Å². The first kappa shape index (κ1) is 15.4. The highest BCUT2D eigenvalue weighted by Gasteiger charge is 2.14. The largest absolute Gasteiger partial charge is 0.491 e. The van der Waals surface area contributed by atoms with Crippen LogP contribution in [0, 0.1) is 0 Å². The molecule has 4 heteroatoms. The molecule has 2 aromatic carbocycles. The molecule has 0 fully saturated rings. The Hall–Kier alpha value is -1.03. The standard InChI is InChI=1S/C16H16BrClO2/c1-10(2)20-13-6-3-11(4-7-13)16(19)14-8-5-12(18)9-15(14)17/h3-10,16,19H,1-2H3. The number of rotatable bonds is 4. The van der Waals surface area contributed by atoms with Gasteiger partial charge in [0.25, 0.3) is 0 Å². The van der Waals surface area contributed by atoms with Gasteiger partial charge in [0, 0.05) is 9.50 Å². The zero-order valence-electron chi connectivity index (χ0n) is 11.3. The van der Waals surface area contributed by atoms with E-state index in [9.17, 15) is 5.11 Å². The van der Waals surface area contributed by atoms with E-state index in [2.05, 4.69) is 15.9 Å². The van der Waals surface area contributed by atoms with Crippen LogP contribution in [0.2, 0.25) is 5.02 Å². The van der Waals surface area contributed by atoms with Crippen molar-refractivity contribution in [2.75, 3.05) is 0 Å². The van der Waals surface area contributed by atoms with Crippen LogP contribution in [0.1, 0.15) is 31.1 Å². The van der Waals surface area contributed by atoms with Crippen molar-refractivity contribution in [2.45, 2.75) is 26.1 Å². The second kappa shape index (κ2) is 6.61. The second-order valence-corrected chi connectivity index (χ2v) is 6.09. The molecule has 0 saturated heterocycles. The summed E-state index contributed by atoms with van der Waals surface area (Å²) < 4.78 is 6.38. The van der Waals surface area contributed by atoms with Crippen LogP contribution in [-0.4, -0.2) is 11.2 Å². The van der Waals surface area contributed by atoms with Crippen molar-refractivity contribution in [1.82, 2.24) is 0 Å². The molecule has 0 amide bonds. The molecular formula is C16H16BrClO2. The fourth-order valence-corrected chi connectivity index (χ4v) is 2.80. The van der Waals surface area contributed by atoms with Crippen LogP contribution in [0.5, 0.6) is 5.75 Å². The van der Waals surface area contributed by atoms with Gasteiger partial charge in [-0.25, -0.2) is 0 Å². The predicted octanol–water partition coefficient (Wildman–Crippen LogP) is 4.97. The topological polar surface area (TPSA) is 29.5 Å². The number of hydrogen-bond donors (Lipinski definition) is 1. The Morgan fingerprint density at radius 2 is 1.75 bits per heavy atom. The van der Waals surface area contributed by atoms with Gasteiger partial charge < -0.3 is 9.84 Å². The van der Waals surface area contributed by atoms with E-state index in [1.807, 2.05) is 44.2 Å². The average molecular weight is 356 g/mol. The minimum Gasteiger partial charge on any atom is -0.491 e. The van der Waals surface area contributed by atoms with Crippen LogP contribution in [-0.2, 0) is 0 Å². The molecule has 0 radical (unpaired) electrons. The number of aliphatic hydroxyl groups excluding tert-OH is 1. The van der Waals surface area contributed by atoms with E-state index in [4.69, 9.17) is 16.3 Å². The Morgan fingerprint density at radius 1 is 1.10 bits per heavy atom. The molecule has 0 aliphatic rings. The molecule has 20 heavy (non-hydrogen) atoms. The van der Waals surface area contributed by atoms with Gasteiger partial charge in [0.1, 0.15) is 11.9 Å². The van der Waals surface area contributed by atoms with Gasteiger partial charge in [-0.2, -0.15) is 0 Å². The lowest BCUT2D eigenvalue weighted by molar-refractivity contribution is 0.218. The highest BCUT2D eigenvalue weighted by atomic mass is 79.9. The van der Waals surface area contributed by atoms with Gasteiger partial charge in [-0.15, -0.1) is 0 Å². The van der Waals surface area contributed by atoms with Crippen LogP contribution in [0.15, 0.2) is 46.9 Å². The number of hydrogen-bond acceptors (Lipinski definition) is 2. The molecule has 106 valence electrons. The van der Waals surface area contributed by atoms with E-state index >= 15 is 0 Å². The summed E-state index contributed by atoms with van der Waals surface area (Å²) in [5.41, 5.74) is 1.59. The molecular weight excluding hydrogens is 340 g/mol. The lowest BCUT2D eigenvalue weighted by atomic mass is 10.0. The van der Waals surface area contributed by atoms with Crippen molar-refractivity contribution in [3.63, 3.8) is 0 Å². The SMILES string of the molecule is CC(C)Oc1ccc(C(O)c2ccc(Cl)cc2Br)cc1. The van der Waals surface area contributed by atoms with Gasteiger partial charge in [-0.1, -0.05) is 45.7 Å². The van der Waals surface area contributed by atoms with Crippen molar-refractivity contribution in [1.29, 1.82) is 0 Å². The molecule has 0 heterocycles. The highest BCUT2D eigenvalue weighted by molar-refractivity contribution is 9.10. The number of ether oxygens (including phenoxy) is 1. The monoisotopic (exact) mass is 354 g/mol. The van der Waals surface area contributed by atoms with Crippen LogP contribution in [0.4, 0.5) is 0 Å². The van der Waals surface area contributed by atoms with Crippen LogP contribution >= 0.6 is 27.5 Å². The van der Waals surface area contributed by atoms with Crippen LogP contribution in [0.25, 0.3) is 0 Å². The highest BCUT2D eigenvalue weighted by Crippen LogP contribution is 2.31. The maximum atomic E-state index is 10.4. The zero-order valence-corrected chi connectivity index (χ0v) is 13.6. The Kier molecular flexibility index (Phi) is 5.08. The summed E-state index contributed by atoms with van der Waals surface area (Å²) >= 11 is 9.33. The zero-order chi connectivity index (χ0) is 14.7. The molecule has 0 aromatic heterocycles. The van der Waals surface area contributed by atoms with E-state index in [1.54, 1.807) is 12.1 Å². The molecule has 2 rings (SSSR count). The molecule has 0 spiro atoms. The van der Waals surface area contributed by atoms with E-state index in [0.29, 0.717) is 5.02 Å². The molecule has 1 unspecified atom stereocenters. The van der Waals surface area contributed by atoms with Gasteiger partial charge in [-0.05, 0) is 49.2 Å². The van der Waals surface area contributed by atoms with Crippen LogP contribution < -0.4 is 4.74 Å². The average Bonchev–Trinajstić information content (AvgIpc) is 2.38. The molecule has 2 aromatic rings. The predicted molar refractivity (Wildman–Crippen MR) is 85.4 cm³/mol. The summed E-state index contributed by atoms with van der Waals surface area (Å²) in [6.07, 6.45) is -0.564. The van der Waals surface area contributed by atoms with Gasteiger partial charge >= 0.3 is 0 Å². The number of aliphatic hydroxyl groups is 1. The van der Waals surface area contributed by atoms with E-state index in [1.165, 1.54) is 0 Å². The normalized spacial score (nSPS) is 12.5. The third-order valence-electron chi connectivity index (χ3n) is 2.82. The fourth-order valence-electron chi connectivity index (χ4n) is 1.90. The van der Waals surface area contributed by atoms with E-state index in [-0.39, 0.29) is 6.10 Å². The third-order valence-corrected chi connectivity index (χ3v) is 3.75. The Bertz CT molecular complexity index is 582. The summed E-state index contributed by atoms with van der Waals surface area (Å²) in [6, 6.07) is 12.8. The van der Waals surface area contributed by atoms with Crippen molar-refractivity contribution in [3.05, 3.63) is 63.1 Å². The number of benzene rings is 2. The molecule has 2 nitrogen and oxygen atoms in total. The summed E-state index contributed by atoms with van der Waals surface area (Å²) in [5, 5.41) is 11.1. The number of halogens is 2. The Morgan fingerprint density at radius 3 is 2.30 bits per heavy atom. The van der Waals surface area contributed by atoms with Gasteiger partial charge in [0.2, 0.25) is 0 Å². The molecule has 0 aliphatic carbocycles. The summed E-state index contributed by atoms with van der Waals surface area (Å²) in [7, 11) is 0. The lowest BCUT2D eigenvalue weighted by Gasteiger charge is -2.15. The Balaban J connectivity index is 2.22. The maximum absolute atomic E-state index is 10.4. The summed E-state index contributed by atoms with van der Waals surface area (Å²) in [6.45, 7) is 3.96. The second-order valence-electron chi connectivity index (χ2n) is 4.80. The van der Waals surface area contributed by atoms with E-state index < -0.39 is 6.10 Å². The van der Waals surface area contributed by atoms with Gasteiger partial charge in [0.05, 0.1) is 6.10 Å². The summed E-state index contributed by atoms with van der Waals surface area (Å²) in [4.78, 5) is 0. The minimum atomic E-state index is -0.699. The van der Waals surface area contributed by atoms with Gasteiger partial charge in [0.15, 0.2) is 0 Å². The molecule has 0 bridgehead atoms. The first-order chi connectivity index (χ1) is 9.47. The minimum absolute atomic E-state index is 0.135. The third kappa shape index (κ3) is 3.75.